The molecule has 0 unspecified atom stereocenters. The highest BCUT2D eigenvalue weighted by atomic mass is 15.1. The zero-order valence-electron chi connectivity index (χ0n) is 69.6. The Balaban J connectivity index is 0.704. The van der Waals surface area contributed by atoms with Gasteiger partial charge in [-0.3, -0.25) is 0 Å². The molecule has 8 aromatic heterocycles. The van der Waals surface area contributed by atoms with E-state index < -0.39 is 0 Å². The molecule has 128 heavy (non-hydrogen) atoms. The van der Waals surface area contributed by atoms with Crippen molar-refractivity contribution in [3.05, 3.63) is 437 Å². The van der Waals surface area contributed by atoms with Gasteiger partial charge in [0.25, 0.3) is 0 Å². The van der Waals surface area contributed by atoms with E-state index in [1.165, 1.54) is 103 Å². The maximum absolute atomic E-state index is 2.60. The van der Waals surface area contributed by atoms with Crippen LogP contribution < -0.4 is 0 Å². The Hall–Kier alpha value is -16.9. The summed E-state index contributed by atoms with van der Waals surface area (Å²) in [6.45, 7) is 0. The van der Waals surface area contributed by atoms with Gasteiger partial charge in [0.15, 0.2) is 0 Å². The third-order valence-electron chi connectivity index (χ3n) is 27.7. The molecule has 19 aromatic carbocycles. The average molecular weight is 1630 g/mol. The molecule has 0 atom stereocenters. The highest BCUT2D eigenvalue weighted by Gasteiger charge is 2.30. The predicted octanol–water partition coefficient (Wildman–Crippen LogP) is 31.7. The van der Waals surface area contributed by atoms with Crippen molar-refractivity contribution in [2.75, 3.05) is 0 Å². The fourth-order valence-corrected chi connectivity index (χ4v) is 22.4. The van der Waals surface area contributed by atoms with Crippen molar-refractivity contribution in [1.82, 2.24) is 36.5 Å². The first-order valence-electron chi connectivity index (χ1n) is 44.4. The summed E-state index contributed by atoms with van der Waals surface area (Å²) in [7, 11) is 0. The summed E-state index contributed by atoms with van der Waals surface area (Å²) >= 11 is 0. The summed E-state index contributed by atoms with van der Waals surface area (Å²) in [5.74, 6) is 0. The maximum atomic E-state index is 2.60. The highest BCUT2D eigenvalue weighted by molar-refractivity contribution is 6.29. The van der Waals surface area contributed by atoms with Gasteiger partial charge in [-0.15, -0.1) is 0 Å². The van der Waals surface area contributed by atoms with E-state index in [4.69, 9.17) is 0 Å². The molecule has 0 N–H and O–H groups in total. The molecule has 0 radical (unpaired) electrons. The Morgan fingerprint density at radius 2 is 0.352 bits per heavy atom. The van der Waals surface area contributed by atoms with E-state index in [9.17, 15) is 0 Å². The van der Waals surface area contributed by atoms with Crippen LogP contribution in [-0.2, 0) is 0 Å². The van der Waals surface area contributed by atoms with E-state index in [1.807, 2.05) is 0 Å². The fourth-order valence-electron chi connectivity index (χ4n) is 22.4. The molecule has 8 nitrogen and oxygen atoms in total. The lowest BCUT2D eigenvalue weighted by molar-refractivity contribution is 1.02. The first-order chi connectivity index (χ1) is 63.6. The molecular weight excluding hydrogens is 1550 g/mol. The molecule has 0 fully saturated rings. The van der Waals surface area contributed by atoms with Crippen LogP contribution in [0.3, 0.4) is 0 Å². The second kappa shape index (κ2) is 27.3. The zero-order valence-corrected chi connectivity index (χ0v) is 69.6. The minimum atomic E-state index is 0.976. The quantitative estimate of drug-likeness (QED) is 0.124. The van der Waals surface area contributed by atoms with Gasteiger partial charge in [0.1, 0.15) is 0 Å². The fraction of sp³-hybridized carbons (Fsp3) is 0.0167. The van der Waals surface area contributed by atoms with Crippen LogP contribution in [0.2, 0.25) is 0 Å². The summed E-state index contributed by atoms with van der Waals surface area (Å²) < 4.78 is 20.4. The monoisotopic (exact) mass is 1630 g/mol. The van der Waals surface area contributed by atoms with Crippen LogP contribution in [0, 0.1) is 0 Å². The lowest BCUT2D eigenvalue weighted by Crippen LogP contribution is -2.03. The van der Waals surface area contributed by atoms with Crippen LogP contribution >= 0.6 is 0 Å². The molecule has 1 aliphatic carbocycles. The summed E-state index contributed by atoms with van der Waals surface area (Å²) in [5.41, 5.74) is 33.7. The molecule has 0 saturated heterocycles. The van der Waals surface area contributed by atoms with Gasteiger partial charge in [-0.1, -0.05) is 297 Å². The predicted molar refractivity (Wildman–Crippen MR) is 539 cm³/mol. The molecule has 28 rings (SSSR count). The third-order valence-corrected chi connectivity index (χ3v) is 27.7. The van der Waals surface area contributed by atoms with Crippen molar-refractivity contribution >= 4 is 180 Å². The Morgan fingerprint density at radius 1 is 0.141 bits per heavy atom. The SMILES string of the molecule is C1=CC(n2c3ccccc3c3ccc4c5ccccc5n(-c5cc(-c6cccc(-c7cccc(-c8cc(-n9c%10ccccc%10c%10ccc%11c%12ccccc%12n(-c%12ccccc%12)c%11c%109)cc(-n9c%10ccccc%10c%10ccc%11c%12ccccc%12n(-c%12ccccc%12)c%11c%109)c8)c7)c6)cc(-n6c7ccccc7c7ccc8c9ccccc9n(-c9ccccc9)c8c76)c5)c4c32)=CCC1. The van der Waals surface area contributed by atoms with Crippen molar-refractivity contribution < 1.29 is 0 Å². The molecule has 0 bridgehead atoms. The minimum Gasteiger partial charge on any atom is -0.308 e. The van der Waals surface area contributed by atoms with Crippen molar-refractivity contribution in [3.8, 4) is 73.2 Å². The number of para-hydroxylation sites is 11. The smallest absolute Gasteiger partial charge is 0.0788 e. The lowest BCUT2D eigenvalue weighted by Gasteiger charge is -2.18. The molecular formula is C120H76N8. The number of benzene rings is 19. The van der Waals surface area contributed by atoms with Gasteiger partial charge in [0, 0.05) is 132 Å². The van der Waals surface area contributed by atoms with Gasteiger partial charge in [0.2, 0.25) is 0 Å². The van der Waals surface area contributed by atoms with Gasteiger partial charge < -0.3 is 36.5 Å². The number of hydrogen-bond donors (Lipinski definition) is 0. The van der Waals surface area contributed by atoms with Gasteiger partial charge in [-0.2, -0.15) is 0 Å². The van der Waals surface area contributed by atoms with E-state index in [0.29, 0.717) is 0 Å². The van der Waals surface area contributed by atoms with Crippen LogP contribution in [0.5, 0.6) is 0 Å². The average Bonchev–Trinajstić information content (AvgIpc) is 1.54. The maximum Gasteiger partial charge on any atom is 0.0788 e. The molecule has 8 heteroatoms. The summed E-state index contributed by atoms with van der Waals surface area (Å²) in [6, 6.07) is 157. The van der Waals surface area contributed by atoms with Gasteiger partial charge in [0.05, 0.1) is 88.3 Å². The lowest BCUT2D eigenvalue weighted by atomic mass is 9.95. The van der Waals surface area contributed by atoms with Crippen LogP contribution in [0.25, 0.3) is 253 Å². The Morgan fingerprint density at radius 3 is 0.594 bits per heavy atom. The summed E-state index contributed by atoms with van der Waals surface area (Å²) in [5, 5.41) is 19.2. The van der Waals surface area contributed by atoms with Crippen molar-refractivity contribution in [1.29, 1.82) is 0 Å². The van der Waals surface area contributed by atoms with E-state index in [0.717, 1.165) is 163 Å². The van der Waals surface area contributed by atoms with Crippen molar-refractivity contribution in [2.24, 2.45) is 0 Å². The van der Waals surface area contributed by atoms with Crippen LogP contribution in [-0.4, -0.2) is 36.5 Å². The van der Waals surface area contributed by atoms with E-state index in [1.54, 1.807) is 0 Å². The first-order valence-corrected chi connectivity index (χ1v) is 44.4. The summed E-state index contributed by atoms with van der Waals surface area (Å²) in [4.78, 5) is 0. The third kappa shape index (κ3) is 10.1. The topological polar surface area (TPSA) is 39.4 Å². The number of rotatable bonds is 11. The first kappa shape index (κ1) is 70.6. The molecule has 596 valence electrons. The van der Waals surface area contributed by atoms with Gasteiger partial charge >= 0.3 is 0 Å². The second-order valence-corrected chi connectivity index (χ2v) is 34.5. The number of fused-ring (bicyclic) bond motifs is 28. The van der Waals surface area contributed by atoms with Gasteiger partial charge in [-0.05, 0) is 186 Å². The van der Waals surface area contributed by atoms with E-state index in [2.05, 4.69) is 473 Å². The molecule has 0 saturated carbocycles. The Labute approximate surface area is 734 Å². The van der Waals surface area contributed by atoms with Crippen LogP contribution in [0.1, 0.15) is 12.8 Å². The molecule has 1 aliphatic rings. The van der Waals surface area contributed by atoms with Crippen LogP contribution in [0.4, 0.5) is 0 Å². The summed E-state index contributed by atoms with van der Waals surface area (Å²) in [6.07, 6.45) is 9.10. The molecule has 0 aliphatic heterocycles. The Kier molecular flexibility index (Phi) is 15.0. The van der Waals surface area contributed by atoms with E-state index in [-0.39, 0.29) is 0 Å². The van der Waals surface area contributed by atoms with Crippen molar-refractivity contribution in [2.45, 2.75) is 12.8 Å². The number of allylic oxidation sites excluding steroid dienone is 4. The molecule has 0 spiro atoms. The molecule has 0 amide bonds. The number of nitrogens with zero attached hydrogens (tertiary/aromatic N) is 8. The number of aromatic nitrogens is 8. The standard InChI is InChI=1S/C120H76N8/c1-5-35-81(36-6-1)121-105-51-21-13-43-89(105)97-59-63-101-93-47-17-25-55-109(93)125(117(101)113(97)121)85-69-79(70-86(73-85)126-110-56-26-18-48-94(110)102-64-60-98-90-44-14-22-52-106(90)122(114(98)118(102)126)82-37-7-2-8-38-82)77-33-29-31-75(67-77)76-32-30-34-78(68-76)80-71-87(127-111-57-27-19-49-95(111)103-65-61-99-91-45-15-23-53-107(91)123(115(99)119(103)127)83-39-9-3-10-40-83)74-88(72-80)128-112-58-28-20-50-96(112)104-66-62-100-92-46-16-24-54-108(92)124(116(100)120(104)128)84-41-11-4-12-42-84/h1-3,5-11,13-74H,4,12H2. The van der Waals surface area contributed by atoms with E-state index >= 15 is 0 Å². The largest absolute Gasteiger partial charge is 0.308 e. The van der Waals surface area contributed by atoms with Gasteiger partial charge in [-0.25, -0.2) is 0 Å². The van der Waals surface area contributed by atoms with Crippen molar-refractivity contribution in [3.63, 3.8) is 0 Å². The molecule has 27 aromatic rings. The Bertz CT molecular complexity index is 9260. The normalized spacial score (nSPS) is 12.8. The minimum absolute atomic E-state index is 0.976. The highest BCUT2D eigenvalue weighted by Crippen LogP contribution is 2.51. The number of hydrogen-bond acceptors (Lipinski definition) is 0. The van der Waals surface area contributed by atoms with Crippen LogP contribution in [0.15, 0.2) is 437 Å². The molecule has 8 heterocycles. The zero-order chi connectivity index (χ0) is 83.5. The second-order valence-electron chi connectivity index (χ2n) is 34.5.